The summed E-state index contributed by atoms with van der Waals surface area (Å²) in [6, 6.07) is 10.7. The molecular formula is C13H16N2S. The highest BCUT2D eigenvalue weighted by Crippen LogP contribution is 2.29. The molecule has 0 saturated carbocycles. The van der Waals surface area contributed by atoms with Crippen LogP contribution in [0.5, 0.6) is 0 Å². The van der Waals surface area contributed by atoms with Gasteiger partial charge in [0, 0.05) is 10.4 Å². The van der Waals surface area contributed by atoms with E-state index in [1.165, 1.54) is 10.4 Å². The first-order chi connectivity index (χ1) is 7.72. The van der Waals surface area contributed by atoms with Gasteiger partial charge in [-0.2, -0.15) is 0 Å². The van der Waals surface area contributed by atoms with Gasteiger partial charge in [-0.3, -0.25) is 0 Å². The number of thiazole rings is 1. The highest BCUT2D eigenvalue weighted by atomic mass is 32.1. The van der Waals surface area contributed by atoms with Gasteiger partial charge in [-0.05, 0) is 20.9 Å². The topological polar surface area (TPSA) is 24.9 Å². The van der Waals surface area contributed by atoms with Crippen LogP contribution in [0.1, 0.15) is 22.9 Å². The fourth-order valence-electron chi connectivity index (χ4n) is 1.59. The van der Waals surface area contributed by atoms with Gasteiger partial charge in [0.15, 0.2) is 0 Å². The number of nitrogens with zero attached hydrogens (tertiary/aromatic N) is 1. The minimum absolute atomic E-state index is 0.321. The Morgan fingerprint density at radius 3 is 2.56 bits per heavy atom. The molecule has 84 valence electrons. The Hall–Kier alpha value is -1.19. The van der Waals surface area contributed by atoms with Crippen molar-refractivity contribution < 1.29 is 0 Å². The summed E-state index contributed by atoms with van der Waals surface area (Å²) < 4.78 is 0. The Morgan fingerprint density at radius 1 is 1.25 bits per heavy atom. The Balaban J connectivity index is 2.40. The standard InChI is InChI=1S/C13H16N2S/c1-9(14-3)13-15-12(10(2)16-13)11-7-5-4-6-8-11/h4-9,14H,1-3H3. The van der Waals surface area contributed by atoms with Gasteiger partial charge < -0.3 is 5.32 Å². The molecule has 0 fully saturated rings. The summed E-state index contributed by atoms with van der Waals surface area (Å²) >= 11 is 1.77. The van der Waals surface area contributed by atoms with Crippen molar-refractivity contribution in [1.82, 2.24) is 10.3 Å². The molecular weight excluding hydrogens is 216 g/mol. The van der Waals surface area contributed by atoms with Crippen LogP contribution in [-0.4, -0.2) is 12.0 Å². The van der Waals surface area contributed by atoms with Crippen LogP contribution in [0, 0.1) is 6.92 Å². The van der Waals surface area contributed by atoms with Crippen LogP contribution in [-0.2, 0) is 0 Å². The van der Waals surface area contributed by atoms with Crippen LogP contribution >= 0.6 is 11.3 Å². The number of aromatic nitrogens is 1. The zero-order chi connectivity index (χ0) is 11.5. The number of benzene rings is 1. The van der Waals surface area contributed by atoms with Crippen molar-refractivity contribution in [2.45, 2.75) is 19.9 Å². The van der Waals surface area contributed by atoms with Gasteiger partial charge in [0.1, 0.15) is 5.01 Å². The fourth-order valence-corrected chi connectivity index (χ4v) is 2.59. The third kappa shape index (κ3) is 2.15. The minimum atomic E-state index is 0.321. The summed E-state index contributed by atoms with van der Waals surface area (Å²) in [5, 5.41) is 4.37. The van der Waals surface area contributed by atoms with Crippen LogP contribution < -0.4 is 5.32 Å². The molecule has 0 aliphatic carbocycles. The lowest BCUT2D eigenvalue weighted by molar-refractivity contribution is 0.648. The van der Waals surface area contributed by atoms with Gasteiger partial charge in [0.05, 0.1) is 11.7 Å². The van der Waals surface area contributed by atoms with Gasteiger partial charge in [0.2, 0.25) is 0 Å². The molecule has 1 heterocycles. The lowest BCUT2D eigenvalue weighted by Gasteiger charge is -2.04. The Labute approximate surface area is 100 Å². The maximum absolute atomic E-state index is 4.71. The van der Waals surface area contributed by atoms with E-state index in [9.17, 15) is 0 Å². The van der Waals surface area contributed by atoms with Gasteiger partial charge >= 0.3 is 0 Å². The molecule has 2 nitrogen and oxygen atoms in total. The lowest BCUT2D eigenvalue weighted by Crippen LogP contribution is -2.11. The normalized spacial score (nSPS) is 12.7. The average molecular weight is 232 g/mol. The molecule has 2 rings (SSSR count). The highest BCUT2D eigenvalue weighted by Gasteiger charge is 2.12. The predicted molar refractivity (Wildman–Crippen MR) is 69.8 cm³/mol. The minimum Gasteiger partial charge on any atom is -0.311 e. The molecule has 1 unspecified atom stereocenters. The number of nitrogens with one attached hydrogen (secondary N) is 1. The number of hydrogen-bond acceptors (Lipinski definition) is 3. The van der Waals surface area contributed by atoms with Crippen molar-refractivity contribution in [2.75, 3.05) is 7.05 Å². The maximum Gasteiger partial charge on any atom is 0.110 e. The van der Waals surface area contributed by atoms with Crippen LogP contribution in [0.4, 0.5) is 0 Å². The number of rotatable bonds is 3. The van der Waals surface area contributed by atoms with E-state index in [1.807, 2.05) is 13.1 Å². The van der Waals surface area contributed by atoms with Crippen molar-refractivity contribution >= 4 is 11.3 Å². The molecule has 16 heavy (non-hydrogen) atoms. The molecule has 1 atom stereocenters. The van der Waals surface area contributed by atoms with E-state index < -0.39 is 0 Å². The van der Waals surface area contributed by atoms with E-state index >= 15 is 0 Å². The molecule has 0 aliphatic heterocycles. The molecule has 1 aromatic heterocycles. The summed E-state index contributed by atoms with van der Waals surface area (Å²) in [4.78, 5) is 5.99. The fraction of sp³-hybridized carbons (Fsp3) is 0.308. The van der Waals surface area contributed by atoms with E-state index in [1.54, 1.807) is 11.3 Å². The molecule has 0 amide bonds. The van der Waals surface area contributed by atoms with E-state index in [0.717, 1.165) is 10.7 Å². The molecule has 0 aliphatic rings. The SMILES string of the molecule is CNC(C)c1nc(-c2ccccc2)c(C)s1. The van der Waals surface area contributed by atoms with Crippen LogP contribution in [0.15, 0.2) is 30.3 Å². The van der Waals surface area contributed by atoms with Crippen LogP contribution in [0.25, 0.3) is 11.3 Å². The third-order valence-electron chi connectivity index (χ3n) is 2.66. The smallest absolute Gasteiger partial charge is 0.110 e. The molecule has 0 spiro atoms. The summed E-state index contributed by atoms with van der Waals surface area (Å²) in [6.45, 7) is 4.26. The molecule has 2 aromatic rings. The van der Waals surface area contributed by atoms with Gasteiger partial charge in [-0.25, -0.2) is 4.98 Å². The molecule has 3 heteroatoms. The molecule has 0 radical (unpaired) electrons. The first kappa shape index (κ1) is 11.3. The maximum atomic E-state index is 4.71. The zero-order valence-electron chi connectivity index (χ0n) is 9.82. The summed E-state index contributed by atoms with van der Waals surface area (Å²) in [5.41, 5.74) is 2.31. The van der Waals surface area contributed by atoms with E-state index in [-0.39, 0.29) is 0 Å². The van der Waals surface area contributed by atoms with Gasteiger partial charge in [0.25, 0.3) is 0 Å². The molecule has 0 saturated heterocycles. The molecule has 0 bridgehead atoms. The van der Waals surface area contributed by atoms with E-state index in [4.69, 9.17) is 4.98 Å². The summed E-state index contributed by atoms with van der Waals surface area (Å²) in [7, 11) is 1.96. The first-order valence-electron chi connectivity index (χ1n) is 5.42. The third-order valence-corrected chi connectivity index (χ3v) is 3.82. The van der Waals surface area contributed by atoms with Crippen LogP contribution in [0.3, 0.4) is 0 Å². The van der Waals surface area contributed by atoms with Crippen molar-refractivity contribution in [3.8, 4) is 11.3 Å². The van der Waals surface area contributed by atoms with Crippen molar-refractivity contribution in [1.29, 1.82) is 0 Å². The van der Waals surface area contributed by atoms with Gasteiger partial charge in [-0.15, -0.1) is 11.3 Å². The van der Waals surface area contributed by atoms with E-state index in [0.29, 0.717) is 6.04 Å². The van der Waals surface area contributed by atoms with Crippen molar-refractivity contribution in [2.24, 2.45) is 0 Å². The molecule has 1 aromatic carbocycles. The monoisotopic (exact) mass is 232 g/mol. The second kappa shape index (κ2) is 4.76. The first-order valence-corrected chi connectivity index (χ1v) is 6.24. The second-order valence-corrected chi connectivity index (χ2v) is 5.07. The largest absolute Gasteiger partial charge is 0.311 e. The van der Waals surface area contributed by atoms with Crippen molar-refractivity contribution in [3.63, 3.8) is 0 Å². The summed E-state index contributed by atoms with van der Waals surface area (Å²) in [6.07, 6.45) is 0. The van der Waals surface area contributed by atoms with E-state index in [2.05, 4.69) is 43.4 Å². The van der Waals surface area contributed by atoms with Crippen LogP contribution in [0.2, 0.25) is 0 Å². The Bertz CT molecular complexity index is 462. The second-order valence-electron chi connectivity index (χ2n) is 3.83. The zero-order valence-corrected chi connectivity index (χ0v) is 10.6. The number of hydrogen-bond donors (Lipinski definition) is 1. The highest BCUT2D eigenvalue weighted by molar-refractivity contribution is 7.12. The molecule has 1 N–H and O–H groups in total. The quantitative estimate of drug-likeness (QED) is 0.877. The van der Waals surface area contributed by atoms with Crippen molar-refractivity contribution in [3.05, 3.63) is 40.2 Å². The predicted octanol–water partition coefficient (Wildman–Crippen LogP) is 3.40. The number of aryl methyl sites for hydroxylation is 1. The average Bonchev–Trinajstić information content (AvgIpc) is 2.71. The van der Waals surface area contributed by atoms with Gasteiger partial charge in [-0.1, -0.05) is 30.3 Å². The Morgan fingerprint density at radius 2 is 1.94 bits per heavy atom. The summed E-state index contributed by atoms with van der Waals surface area (Å²) in [5.74, 6) is 0. The Kier molecular flexibility index (Phi) is 3.36. The lowest BCUT2D eigenvalue weighted by atomic mass is 10.1.